The Morgan fingerprint density at radius 2 is 1.41 bits per heavy atom. The van der Waals surface area contributed by atoms with Crippen molar-refractivity contribution in [1.82, 2.24) is 0 Å². The monoisotopic (exact) mass is 822 g/mol. The molecule has 15 nitrogen and oxygen atoms in total. The van der Waals surface area contributed by atoms with Gasteiger partial charge < -0.3 is 59.4 Å². The van der Waals surface area contributed by atoms with Crippen molar-refractivity contribution in [2.75, 3.05) is 13.7 Å². The lowest BCUT2D eigenvalue weighted by atomic mass is 9.33. The lowest BCUT2D eigenvalue weighted by molar-refractivity contribution is -0.343. The molecule has 4 saturated carbocycles. The van der Waals surface area contributed by atoms with Gasteiger partial charge >= 0.3 is 11.9 Å². The van der Waals surface area contributed by atoms with Crippen LogP contribution in [-0.2, 0) is 38.1 Å². The normalized spacial score (nSPS) is 52.6. The van der Waals surface area contributed by atoms with Crippen LogP contribution in [0.1, 0.15) is 106 Å². The second kappa shape index (κ2) is 14.8. The highest BCUT2D eigenvalue weighted by atomic mass is 16.7. The van der Waals surface area contributed by atoms with E-state index in [1.54, 1.807) is 0 Å². The van der Waals surface area contributed by atoms with Crippen LogP contribution < -0.4 is 0 Å². The highest BCUT2D eigenvalue weighted by molar-refractivity contribution is 5.95. The van der Waals surface area contributed by atoms with Gasteiger partial charge in [0.25, 0.3) is 0 Å². The molecule has 0 aromatic rings. The van der Waals surface area contributed by atoms with E-state index in [0.717, 1.165) is 38.5 Å². The fourth-order valence-electron chi connectivity index (χ4n) is 13.5. The second-order valence-electron chi connectivity index (χ2n) is 20.8. The third-order valence-electron chi connectivity index (χ3n) is 17.4. The van der Waals surface area contributed by atoms with Gasteiger partial charge in [0.15, 0.2) is 24.5 Å². The predicted octanol–water partition coefficient (Wildman–Crippen LogP) is 2.24. The molecule has 0 radical (unpaired) electrons. The molecule has 5 aliphatic carbocycles. The summed E-state index contributed by atoms with van der Waals surface area (Å²) in [4.78, 5) is 39.5. The summed E-state index contributed by atoms with van der Waals surface area (Å²) in [5.74, 6) is -1.73. The number of carboxylic acids is 1. The fraction of sp³-hybridized carbons (Fsp3) is 0.884. The molecule has 0 amide bonds. The first-order valence-electron chi connectivity index (χ1n) is 21.1. The average molecular weight is 823 g/mol. The van der Waals surface area contributed by atoms with E-state index in [2.05, 4.69) is 41.5 Å². The zero-order valence-electron chi connectivity index (χ0n) is 35.1. The van der Waals surface area contributed by atoms with Crippen molar-refractivity contribution in [3.63, 3.8) is 0 Å². The number of aliphatic hydroxyl groups is 6. The molecular formula is C43H66O15. The summed E-state index contributed by atoms with van der Waals surface area (Å²) in [6.07, 6.45) is -8.36. The number of carbonyl (C=O) groups is 3. The third-order valence-corrected chi connectivity index (χ3v) is 17.4. The molecule has 0 bridgehead atoms. The minimum absolute atomic E-state index is 0.00172. The molecule has 7 aliphatic rings. The number of allylic oxidation sites excluding steroid dienone is 2. The first-order valence-corrected chi connectivity index (χ1v) is 21.1. The second-order valence-corrected chi connectivity index (χ2v) is 20.8. The molecule has 0 aromatic heterocycles. The number of fused-ring (bicyclic) bond motifs is 7. The van der Waals surface area contributed by atoms with Crippen molar-refractivity contribution < 1.29 is 73.8 Å². The lowest BCUT2D eigenvalue weighted by Gasteiger charge is -2.70. The number of hydrogen-bond donors (Lipinski definition) is 7. The number of ketones is 1. The summed E-state index contributed by atoms with van der Waals surface area (Å²) < 4.78 is 28.5. The number of rotatable bonds is 7. The molecule has 2 saturated heterocycles. The Morgan fingerprint density at radius 3 is 2.07 bits per heavy atom. The van der Waals surface area contributed by atoms with Crippen molar-refractivity contribution in [3.05, 3.63) is 11.6 Å². The average Bonchev–Trinajstić information content (AvgIpc) is 3.16. The van der Waals surface area contributed by atoms with Crippen molar-refractivity contribution >= 4 is 17.7 Å². The Bertz CT molecular complexity index is 1670. The number of methoxy groups -OCH3 is 1. The summed E-state index contributed by atoms with van der Waals surface area (Å²) in [6.45, 7) is 15.0. The van der Waals surface area contributed by atoms with E-state index in [0.29, 0.717) is 19.3 Å². The number of hydrogen-bond acceptors (Lipinski definition) is 14. The first-order chi connectivity index (χ1) is 26.9. The van der Waals surface area contributed by atoms with Crippen LogP contribution in [0.2, 0.25) is 0 Å². The minimum Gasteiger partial charge on any atom is -0.479 e. The minimum atomic E-state index is -1.92. The van der Waals surface area contributed by atoms with Gasteiger partial charge in [-0.25, -0.2) is 4.79 Å². The quantitative estimate of drug-likeness (QED) is 0.144. The van der Waals surface area contributed by atoms with Gasteiger partial charge in [-0.15, -0.1) is 0 Å². The zero-order valence-corrected chi connectivity index (χ0v) is 35.1. The highest BCUT2D eigenvalue weighted by Crippen LogP contribution is 2.75. The zero-order chi connectivity index (χ0) is 42.7. The number of carboxylic acid groups (broad SMARTS) is 1. The van der Waals surface area contributed by atoms with Gasteiger partial charge in [0.05, 0.1) is 25.2 Å². The smallest absolute Gasteiger partial charge is 0.335 e. The number of aliphatic hydroxyl groups excluding tert-OH is 6. The SMILES string of the molecule is COC(=O)[C@@]1(C)CC[C@]2(C)CC[C@]3(C)C(=CC(=O)[C@@H]4[C@@]5(C)CC[C@H](O[C@H]6O[C@H](CO[C@@H]7O[C@H](C(=O)O)[C@@H](O)[C@H](O)[C@H]7O)[C@@H](O)[C@H](O)[C@H]6O)C(C)(C)[C@@H]5CC[C@]43C)[C@H]2C1. The molecule has 7 N–H and O–H groups in total. The predicted molar refractivity (Wildman–Crippen MR) is 203 cm³/mol. The fourth-order valence-corrected chi connectivity index (χ4v) is 13.5. The summed E-state index contributed by atoms with van der Waals surface area (Å²) in [5.41, 5.74) is -0.883. The Morgan fingerprint density at radius 1 is 0.776 bits per heavy atom. The maximum absolute atomic E-state index is 14.9. The standard InChI is InChI=1S/C43H66O15/c1-38(2)24-9-12-43(7)33(22(44)17-20-21-18-40(4,37(53)54-8)14-13-39(21,3)15-16-42(20,43)6)41(24,5)11-10-25(38)57-36-31(50)27(46)26(45)23(56-36)19-55-35-30(49)28(47)29(48)32(58-35)34(51)52/h17,21,23-33,35-36,45-50H,9-16,18-19H2,1-8H3,(H,51,52)/t21-,23-,24+,25+,26-,27+,28+,29+,30-,31-,32+,33-,35-,36-,39-,40+,41+,42-,43-/m1/s1. The van der Waals surface area contributed by atoms with Crippen LogP contribution in [0.3, 0.4) is 0 Å². The number of esters is 1. The summed E-state index contributed by atoms with van der Waals surface area (Å²) >= 11 is 0. The van der Waals surface area contributed by atoms with E-state index < -0.39 is 96.3 Å². The molecule has 58 heavy (non-hydrogen) atoms. The maximum Gasteiger partial charge on any atom is 0.335 e. The van der Waals surface area contributed by atoms with Crippen LogP contribution >= 0.6 is 0 Å². The van der Waals surface area contributed by atoms with E-state index in [4.69, 9.17) is 23.7 Å². The molecular weight excluding hydrogens is 756 g/mol. The third kappa shape index (κ3) is 6.47. The molecule has 2 aliphatic heterocycles. The lowest BCUT2D eigenvalue weighted by Crippen LogP contribution is -2.67. The van der Waals surface area contributed by atoms with Crippen molar-refractivity contribution in [2.24, 2.45) is 50.2 Å². The van der Waals surface area contributed by atoms with E-state index in [1.807, 2.05) is 13.0 Å². The van der Waals surface area contributed by atoms with Crippen LogP contribution in [0.25, 0.3) is 0 Å². The molecule has 15 heteroatoms. The van der Waals surface area contributed by atoms with Crippen molar-refractivity contribution in [3.8, 4) is 0 Å². The molecule has 328 valence electrons. The summed E-state index contributed by atoms with van der Waals surface area (Å²) in [7, 11) is 1.45. The Hall–Kier alpha value is -2.05. The van der Waals surface area contributed by atoms with Crippen LogP contribution in [0.4, 0.5) is 0 Å². The molecule has 19 atom stereocenters. The van der Waals surface area contributed by atoms with Crippen molar-refractivity contribution in [2.45, 2.75) is 174 Å². The van der Waals surface area contributed by atoms with Crippen LogP contribution in [-0.4, -0.2) is 135 Å². The Balaban J connectivity index is 1.09. The topological polar surface area (TPSA) is 239 Å². The molecule has 0 aromatic carbocycles. The largest absolute Gasteiger partial charge is 0.479 e. The van der Waals surface area contributed by atoms with Gasteiger partial charge in [-0.3, -0.25) is 9.59 Å². The van der Waals surface area contributed by atoms with E-state index in [1.165, 1.54) is 12.7 Å². The van der Waals surface area contributed by atoms with E-state index in [9.17, 15) is 50.1 Å². The Labute approximate surface area is 340 Å². The molecule has 2 heterocycles. The van der Waals surface area contributed by atoms with Crippen molar-refractivity contribution in [1.29, 1.82) is 0 Å². The molecule has 7 rings (SSSR count). The van der Waals surface area contributed by atoms with Gasteiger partial charge in [0.1, 0.15) is 42.7 Å². The van der Waals surface area contributed by atoms with Gasteiger partial charge in [-0.05, 0) is 110 Å². The van der Waals surface area contributed by atoms with Gasteiger partial charge in [-0.1, -0.05) is 47.1 Å². The number of ether oxygens (including phenoxy) is 5. The first kappa shape index (κ1) is 44.0. The molecule has 0 spiro atoms. The summed E-state index contributed by atoms with van der Waals surface area (Å²) in [5, 5.41) is 72.9. The maximum atomic E-state index is 14.9. The van der Waals surface area contributed by atoms with Crippen LogP contribution in [0, 0.1) is 50.2 Å². The van der Waals surface area contributed by atoms with Crippen LogP contribution in [0.15, 0.2) is 11.6 Å². The van der Waals surface area contributed by atoms with Gasteiger partial charge in [0, 0.05) is 5.92 Å². The molecule has 0 unspecified atom stereocenters. The highest BCUT2D eigenvalue weighted by Gasteiger charge is 2.70. The van der Waals surface area contributed by atoms with Gasteiger partial charge in [-0.2, -0.15) is 0 Å². The number of carbonyl (C=O) groups excluding carboxylic acids is 2. The van der Waals surface area contributed by atoms with E-state index >= 15 is 0 Å². The number of aliphatic carboxylic acids is 1. The van der Waals surface area contributed by atoms with Crippen LogP contribution in [0.5, 0.6) is 0 Å². The van der Waals surface area contributed by atoms with Gasteiger partial charge in [0.2, 0.25) is 0 Å². The summed E-state index contributed by atoms with van der Waals surface area (Å²) in [6, 6.07) is 0. The molecule has 6 fully saturated rings. The Kier molecular flexibility index (Phi) is 11.2. The van der Waals surface area contributed by atoms with E-state index in [-0.39, 0.29) is 45.8 Å².